The van der Waals surface area contributed by atoms with Gasteiger partial charge in [-0.2, -0.15) is 0 Å². The van der Waals surface area contributed by atoms with Crippen LogP contribution < -0.4 is 5.43 Å². The third-order valence-corrected chi connectivity index (χ3v) is 4.30. The molecule has 126 valence electrons. The molecule has 5 nitrogen and oxygen atoms in total. The standard InChI is InChI=1S/C18H15ClFN5/c1-11-10-21-7-6-15(11)22-18-16-3-2-8-25(16)24-17(23-18)13-9-12(19)4-5-14(13)20/h3-7,9-10H,2,8H2,1H3,(H,21,22,23,24). The van der Waals surface area contributed by atoms with E-state index in [1.165, 1.54) is 12.1 Å². The fourth-order valence-electron chi connectivity index (χ4n) is 2.79. The van der Waals surface area contributed by atoms with Crippen molar-refractivity contribution in [2.45, 2.75) is 13.3 Å². The Morgan fingerprint density at radius 1 is 1.32 bits per heavy atom. The lowest BCUT2D eigenvalue weighted by Crippen LogP contribution is -2.46. The van der Waals surface area contributed by atoms with Crippen LogP contribution in [0.4, 0.5) is 10.1 Å². The molecule has 0 spiro atoms. The fourth-order valence-corrected chi connectivity index (χ4v) is 2.96. The zero-order chi connectivity index (χ0) is 17.4. The number of amidine groups is 2. The van der Waals surface area contributed by atoms with Crippen molar-refractivity contribution < 1.29 is 4.39 Å². The number of rotatable bonds is 2. The van der Waals surface area contributed by atoms with Gasteiger partial charge in [0.05, 0.1) is 16.9 Å². The number of pyridine rings is 1. The van der Waals surface area contributed by atoms with Gasteiger partial charge >= 0.3 is 0 Å². The van der Waals surface area contributed by atoms with Gasteiger partial charge in [-0.05, 0) is 43.2 Å². The van der Waals surface area contributed by atoms with Crippen LogP contribution in [0.1, 0.15) is 17.5 Å². The number of nitrogens with one attached hydrogen (secondary N) is 1. The van der Waals surface area contributed by atoms with Crippen molar-refractivity contribution in [3.05, 3.63) is 70.4 Å². The highest BCUT2D eigenvalue weighted by atomic mass is 35.5. The predicted octanol–water partition coefficient (Wildman–Crippen LogP) is 3.77. The highest BCUT2D eigenvalue weighted by Crippen LogP contribution is 2.25. The van der Waals surface area contributed by atoms with Crippen LogP contribution in [0.3, 0.4) is 0 Å². The van der Waals surface area contributed by atoms with E-state index in [0.29, 0.717) is 22.3 Å². The van der Waals surface area contributed by atoms with Gasteiger partial charge in [0, 0.05) is 24.0 Å². The summed E-state index contributed by atoms with van der Waals surface area (Å²) in [6.07, 6.45) is 6.38. The normalized spacial score (nSPS) is 17.9. The van der Waals surface area contributed by atoms with E-state index in [2.05, 4.69) is 26.5 Å². The van der Waals surface area contributed by atoms with Gasteiger partial charge in [0.15, 0.2) is 11.7 Å². The molecule has 0 saturated carbocycles. The Bertz CT molecular complexity index is 935. The third kappa shape index (κ3) is 3.00. The van der Waals surface area contributed by atoms with Crippen LogP contribution in [0.25, 0.3) is 0 Å². The number of aliphatic imine (C=N–C) groups is 2. The molecular weight excluding hydrogens is 341 g/mol. The van der Waals surface area contributed by atoms with E-state index < -0.39 is 0 Å². The lowest BCUT2D eigenvalue weighted by atomic mass is 10.2. The average molecular weight is 356 g/mol. The second-order valence-electron chi connectivity index (χ2n) is 5.82. The van der Waals surface area contributed by atoms with Crippen molar-refractivity contribution in [2.24, 2.45) is 9.98 Å². The monoisotopic (exact) mass is 355 g/mol. The van der Waals surface area contributed by atoms with Crippen LogP contribution in [0, 0.1) is 12.7 Å². The van der Waals surface area contributed by atoms with Gasteiger partial charge in [0.2, 0.25) is 0 Å². The smallest absolute Gasteiger partial charge is 0.180 e. The SMILES string of the molecule is Cc1cnccc1N=C1N=C(c2cc(Cl)ccc2F)NN2CCC=C12. The maximum atomic E-state index is 14.3. The lowest BCUT2D eigenvalue weighted by molar-refractivity contribution is 0.342. The summed E-state index contributed by atoms with van der Waals surface area (Å²) in [4.78, 5) is 13.3. The topological polar surface area (TPSA) is 52.9 Å². The van der Waals surface area contributed by atoms with Gasteiger partial charge in [-0.3, -0.25) is 15.4 Å². The van der Waals surface area contributed by atoms with E-state index in [1.807, 2.05) is 18.0 Å². The lowest BCUT2D eigenvalue weighted by Gasteiger charge is -2.29. The molecule has 2 aliphatic heterocycles. The summed E-state index contributed by atoms with van der Waals surface area (Å²) in [7, 11) is 0. The second kappa shape index (κ2) is 6.29. The molecule has 0 radical (unpaired) electrons. The highest BCUT2D eigenvalue weighted by molar-refractivity contribution is 6.31. The van der Waals surface area contributed by atoms with Crippen LogP contribution in [0.2, 0.25) is 5.02 Å². The molecule has 1 aromatic carbocycles. The van der Waals surface area contributed by atoms with Crippen molar-refractivity contribution in [1.29, 1.82) is 0 Å². The molecule has 0 fully saturated rings. The number of aryl methyl sites for hydroxylation is 1. The average Bonchev–Trinajstić information content (AvgIpc) is 3.08. The van der Waals surface area contributed by atoms with Crippen molar-refractivity contribution in [3.8, 4) is 0 Å². The molecule has 0 bridgehead atoms. The van der Waals surface area contributed by atoms with Crippen molar-refractivity contribution in [2.75, 3.05) is 6.54 Å². The van der Waals surface area contributed by atoms with E-state index in [0.717, 1.165) is 29.9 Å². The largest absolute Gasteiger partial charge is 0.283 e. The Labute approximate surface area is 149 Å². The number of hydrogen-bond donors (Lipinski definition) is 1. The van der Waals surface area contributed by atoms with Gasteiger partial charge in [0.1, 0.15) is 5.82 Å². The summed E-state index contributed by atoms with van der Waals surface area (Å²) in [5.74, 6) is 0.547. The summed E-state index contributed by atoms with van der Waals surface area (Å²) < 4.78 is 14.3. The molecule has 4 rings (SSSR count). The van der Waals surface area contributed by atoms with Crippen LogP contribution in [0.15, 0.2) is 58.4 Å². The number of aromatic nitrogens is 1. The minimum absolute atomic E-state index is 0.317. The first kappa shape index (κ1) is 15.8. The summed E-state index contributed by atoms with van der Waals surface area (Å²) in [5.41, 5.74) is 6.10. The van der Waals surface area contributed by atoms with Gasteiger partial charge < -0.3 is 0 Å². The molecule has 0 aliphatic carbocycles. The molecule has 1 N–H and O–H groups in total. The zero-order valence-corrected chi connectivity index (χ0v) is 14.3. The van der Waals surface area contributed by atoms with Crippen molar-refractivity contribution in [1.82, 2.24) is 15.4 Å². The number of hydrazine groups is 1. The Hall–Kier alpha value is -2.73. The summed E-state index contributed by atoms with van der Waals surface area (Å²) >= 11 is 6.02. The predicted molar refractivity (Wildman–Crippen MR) is 96.6 cm³/mol. The third-order valence-electron chi connectivity index (χ3n) is 4.07. The van der Waals surface area contributed by atoms with E-state index in [1.54, 1.807) is 18.5 Å². The number of hydrogen-bond acceptors (Lipinski definition) is 4. The Morgan fingerprint density at radius 3 is 3.04 bits per heavy atom. The van der Waals surface area contributed by atoms with Crippen LogP contribution in [-0.2, 0) is 0 Å². The highest BCUT2D eigenvalue weighted by Gasteiger charge is 2.28. The quantitative estimate of drug-likeness (QED) is 0.892. The first-order valence-corrected chi connectivity index (χ1v) is 8.28. The maximum absolute atomic E-state index is 14.3. The van der Waals surface area contributed by atoms with Crippen LogP contribution in [0.5, 0.6) is 0 Å². The molecule has 25 heavy (non-hydrogen) atoms. The van der Waals surface area contributed by atoms with Crippen molar-refractivity contribution in [3.63, 3.8) is 0 Å². The molecular formula is C18H15ClFN5. The molecule has 2 aromatic rings. The fraction of sp³-hybridized carbons (Fsp3) is 0.167. The second-order valence-corrected chi connectivity index (χ2v) is 6.26. The summed E-state index contributed by atoms with van der Waals surface area (Å²) in [6, 6.07) is 6.24. The molecule has 0 unspecified atom stereocenters. The first-order chi connectivity index (χ1) is 12.1. The molecule has 0 amide bonds. The van der Waals surface area contributed by atoms with Crippen LogP contribution >= 0.6 is 11.6 Å². The Morgan fingerprint density at radius 2 is 2.20 bits per heavy atom. The molecule has 2 aliphatic rings. The number of fused-ring (bicyclic) bond motifs is 1. The zero-order valence-electron chi connectivity index (χ0n) is 13.5. The summed E-state index contributed by atoms with van der Waals surface area (Å²) in [6.45, 7) is 2.71. The molecule has 0 atom stereocenters. The molecule has 3 heterocycles. The minimum atomic E-state index is -0.387. The molecule has 1 aromatic heterocycles. The maximum Gasteiger partial charge on any atom is 0.180 e. The Balaban J connectivity index is 1.83. The number of nitrogens with zero attached hydrogens (tertiary/aromatic N) is 4. The Kier molecular flexibility index (Phi) is 3.97. The van der Waals surface area contributed by atoms with E-state index in [9.17, 15) is 4.39 Å². The first-order valence-electron chi connectivity index (χ1n) is 7.90. The minimum Gasteiger partial charge on any atom is -0.283 e. The van der Waals surface area contributed by atoms with E-state index >= 15 is 0 Å². The van der Waals surface area contributed by atoms with E-state index in [-0.39, 0.29) is 5.82 Å². The summed E-state index contributed by atoms with van der Waals surface area (Å²) in [5, 5.41) is 2.38. The van der Waals surface area contributed by atoms with Gasteiger partial charge in [-0.1, -0.05) is 17.7 Å². The molecule has 0 saturated heterocycles. The van der Waals surface area contributed by atoms with Gasteiger partial charge in [-0.25, -0.2) is 14.4 Å². The van der Waals surface area contributed by atoms with Crippen molar-refractivity contribution >= 4 is 29.0 Å². The molecule has 7 heteroatoms. The van der Waals surface area contributed by atoms with Gasteiger partial charge in [-0.15, -0.1) is 0 Å². The van der Waals surface area contributed by atoms with Crippen LogP contribution in [-0.4, -0.2) is 28.2 Å². The van der Waals surface area contributed by atoms with E-state index in [4.69, 9.17) is 11.6 Å². The van der Waals surface area contributed by atoms with Gasteiger partial charge in [0.25, 0.3) is 0 Å². The number of halogens is 2. The number of benzene rings is 1.